The first-order valence-corrected chi connectivity index (χ1v) is 2.17. The molecular weight excluding hydrogens is 227 g/mol. The molecule has 76 valence electrons. The second-order valence-electron chi connectivity index (χ2n) is 1.56. The number of ether oxygens (including phenoxy) is 1. The number of hydrogen-bond donors (Lipinski definition) is 0. The zero-order valence-electron chi connectivity index (χ0n) is 4.93. The fourth-order valence-electron chi connectivity index (χ4n) is 0.203. The van der Waals surface area contributed by atoms with Crippen molar-refractivity contribution in [3.05, 3.63) is 0 Å². The molecule has 0 radical (unpaired) electrons. The maximum atomic E-state index is 11.4. The van der Waals surface area contributed by atoms with E-state index in [1.807, 2.05) is 0 Å². The van der Waals surface area contributed by atoms with Gasteiger partial charge in [-0.15, -0.1) is 13.2 Å². The third kappa shape index (κ3) is 5.66. The minimum absolute atomic E-state index is 0. The van der Waals surface area contributed by atoms with Crippen LogP contribution in [0.5, 0.6) is 0 Å². The van der Waals surface area contributed by atoms with E-state index >= 15 is 0 Å². The molecule has 0 rings (SSSR count). The number of alkyl halides is 8. The van der Waals surface area contributed by atoms with Gasteiger partial charge in [-0.25, -0.2) is 4.74 Å². The molecule has 0 bridgehead atoms. The van der Waals surface area contributed by atoms with Crippen LogP contribution in [-0.2, 0) is 4.74 Å². The van der Waals surface area contributed by atoms with Crippen molar-refractivity contribution in [3.8, 4) is 0 Å². The molecule has 0 spiro atoms. The van der Waals surface area contributed by atoms with Crippen molar-refractivity contribution in [2.75, 3.05) is 0 Å². The predicted molar refractivity (Wildman–Crippen MR) is 25.3 cm³/mol. The molecule has 0 aromatic heterocycles. The van der Waals surface area contributed by atoms with Gasteiger partial charge in [-0.05, 0) is 0 Å². The summed E-state index contributed by atoms with van der Waals surface area (Å²) in [5.41, 5.74) is 0. The Labute approximate surface area is 88.3 Å². The van der Waals surface area contributed by atoms with E-state index < -0.39 is 18.6 Å². The molecule has 10 heteroatoms. The summed E-state index contributed by atoms with van der Waals surface area (Å²) in [6, 6.07) is 0. The van der Waals surface area contributed by atoms with Gasteiger partial charge in [0, 0.05) is 0 Å². The molecule has 0 heterocycles. The molecule has 0 fully saturated rings. The number of hydrogen-bond acceptors (Lipinski definition) is 1. The molecule has 0 atom stereocenters. The van der Waals surface area contributed by atoms with Crippen LogP contribution in [0.3, 0.4) is 0 Å². The van der Waals surface area contributed by atoms with Crippen LogP contribution in [0.4, 0.5) is 35.1 Å². The summed E-state index contributed by atoms with van der Waals surface area (Å²) in [4.78, 5) is 0. The van der Waals surface area contributed by atoms with Gasteiger partial charge in [0.05, 0.1) is 0 Å². The van der Waals surface area contributed by atoms with Crippen molar-refractivity contribution in [2.45, 2.75) is 18.6 Å². The summed E-state index contributed by atoms with van der Waals surface area (Å²) in [5, 5.41) is 0. The molecule has 0 aliphatic rings. The Morgan fingerprint density at radius 3 is 1.08 bits per heavy atom. The summed E-state index contributed by atoms with van der Waals surface area (Å²) < 4.78 is 89.9. The van der Waals surface area contributed by atoms with Crippen LogP contribution in [0.15, 0.2) is 0 Å². The minimum atomic E-state index is -6.37. The van der Waals surface area contributed by atoms with E-state index in [0.29, 0.717) is 0 Å². The van der Waals surface area contributed by atoms with Crippen LogP contribution < -0.4 is 0 Å². The van der Waals surface area contributed by atoms with Crippen LogP contribution >= 0.6 is 0 Å². The Hall–Kier alpha value is 0.400. The Morgan fingerprint density at radius 1 is 0.692 bits per heavy atom. The van der Waals surface area contributed by atoms with Crippen LogP contribution in [-0.4, -0.2) is 48.2 Å². The van der Waals surface area contributed by atoms with E-state index in [1.54, 1.807) is 0 Å². The van der Waals surface area contributed by atoms with Crippen molar-refractivity contribution in [3.63, 3.8) is 0 Å². The van der Waals surface area contributed by atoms with Gasteiger partial charge in [0.2, 0.25) is 0 Å². The third-order valence-corrected chi connectivity index (χ3v) is 0.574. The topological polar surface area (TPSA) is 9.23 Å². The van der Waals surface area contributed by atoms with Crippen LogP contribution in [0.25, 0.3) is 0 Å². The summed E-state index contributed by atoms with van der Waals surface area (Å²) in [6.07, 6.45) is -18.6. The van der Waals surface area contributed by atoms with Crippen LogP contribution in [0.1, 0.15) is 0 Å². The number of rotatable bonds is 1. The van der Waals surface area contributed by atoms with Crippen LogP contribution in [0.2, 0.25) is 0 Å². The normalized spacial score (nSPS) is 13.8. The van der Waals surface area contributed by atoms with Crippen molar-refractivity contribution in [2.24, 2.45) is 0 Å². The molecule has 0 unspecified atom stereocenters. The molecule has 0 aromatic carbocycles. The van der Waals surface area contributed by atoms with E-state index in [9.17, 15) is 35.1 Å². The van der Waals surface area contributed by atoms with Gasteiger partial charge in [0.25, 0.3) is 0 Å². The second kappa shape index (κ2) is 4.28. The number of halogens is 8. The van der Waals surface area contributed by atoms with Crippen molar-refractivity contribution < 1.29 is 39.9 Å². The van der Waals surface area contributed by atoms with E-state index in [1.165, 1.54) is 4.74 Å². The zero-order chi connectivity index (χ0) is 10.2. The standard InChI is InChI=1S/C3F8O.Na.H/c4-1(5,6)2(7,8)12-3(9,10)11;;. The molecule has 0 amide bonds. The third-order valence-electron chi connectivity index (χ3n) is 0.574. The van der Waals surface area contributed by atoms with Gasteiger partial charge in [-0.3, -0.25) is 0 Å². The summed E-state index contributed by atoms with van der Waals surface area (Å²) in [7, 11) is 0. The van der Waals surface area contributed by atoms with E-state index in [2.05, 4.69) is 0 Å². The molecule has 0 aliphatic carbocycles. The van der Waals surface area contributed by atoms with Crippen molar-refractivity contribution >= 4 is 29.6 Å². The van der Waals surface area contributed by atoms with Gasteiger partial charge in [-0.1, -0.05) is 0 Å². The Kier molecular flexibility index (Phi) is 5.22. The second-order valence-corrected chi connectivity index (χ2v) is 1.56. The molecule has 0 N–H and O–H groups in total. The van der Waals surface area contributed by atoms with Gasteiger partial charge < -0.3 is 0 Å². The van der Waals surface area contributed by atoms with Gasteiger partial charge >= 0.3 is 48.2 Å². The predicted octanol–water partition coefficient (Wildman–Crippen LogP) is 2.03. The summed E-state index contributed by atoms with van der Waals surface area (Å²) in [5.74, 6) is 0. The summed E-state index contributed by atoms with van der Waals surface area (Å²) >= 11 is 0. The Balaban J connectivity index is 0. The zero-order valence-corrected chi connectivity index (χ0v) is 4.93. The monoisotopic (exact) mass is 228 g/mol. The van der Waals surface area contributed by atoms with Gasteiger partial charge in [0.15, 0.2) is 0 Å². The van der Waals surface area contributed by atoms with E-state index in [4.69, 9.17) is 0 Å². The average molecular weight is 228 g/mol. The maximum absolute atomic E-state index is 11.4. The molecule has 0 aliphatic heterocycles. The van der Waals surface area contributed by atoms with E-state index in [0.717, 1.165) is 0 Å². The molecule has 0 saturated carbocycles. The Morgan fingerprint density at radius 2 is 1.00 bits per heavy atom. The fourth-order valence-corrected chi connectivity index (χ4v) is 0.203. The van der Waals surface area contributed by atoms with Gasteiger partial charge in [0.1, 0.15) is 0 Å². The molecule has 0 saturated heterocycles. The van der Waals surface area contributed by atoms with Crippen LogP contribution in [0, 0.1) is 0 Å². The SMILES string of the molecule is FC(F)(F)OC(F)(F)C(F)(F)F.[NaH]. The first-order valence-electron chi connectivity index (χ1n) is 2.17. The van der Waals surface area contributed by atoms with Gasteiger partial charge in [-0.2, -0.15) is 22.0 Å². The molecule has 1 nitrogen and oxygen atoms in total. The molecule has 13 heavy (non-hydrogen) atoms. The Bertz CT molecular complexity index is 158. The van der Waals surface area contributed by atoms with Crippen molar-refractivity contribution in [1.82, 2.24) is 0 Å². The first kappa shape index (κ1) is 15.9. The fraction of sp³-hybridized carbons (Fsp3) is 1.00. The molecular formula is C3HF8NaO. The van der Waals surface area contributed by atoms with E-state index in [-0.39, 0.29) is 29.6 Å². The average Bonchev–Trinajstić information content (AvgIpc) is 1.52. The van der Waals surface area contributed by atoms with Crippen molar-refractivity contribution in [1.29, 1.82) is 0 Å². The molecule has 0 aromatic rings. The first-order chi connectivity index (χ1) is 4.96. The quantitative estimate of drug-likeness (QED) is 0.492. The summed E-state index contributed by atoms with van der Waals surface area (Å²) in [6.45, 7) is 0.